The smallest absolute Gasteiger partial charge is 0.271 e. The highest BCUT2D eigenvalue weighted by atomic mass is 35.5. The second kappa shape index (κ2) is 7.12. The number of halogens is 1. The molecule has 1 aliphatic carbocycles. The van der Waals surface area contributed by atoms with E-state index < -0.39 is 5.56 Å². The normalized spacial score (nSPS) is 14.9. The zero-order chi connectivity index (χ0) is 18.0. The molecule has 1 aromatic carbocycles. The fourth-order valence-corrected chi connectivity index (χ4v) is 3.48. The fraction of sp³-hybridized carbons (Fsp3) is 0.316. The van der Waals surface area contributed by atoms with E-state index in [4.69, 9.17) is 11.6 Å². The van der Waals surface area contributed by atoms with E-state index >= 15 is 0 Å². The Kier molecular flexibility index (Phi) is 4.91. The van der Waals surface area contributed by atoms with Gasteiger partial charge in [0.05, 0.1) is 11.3 Å². The molecule has 0 atom stereocenters. The molecule has 1 fully saturated rings. The minimum absolute atomic E-state index is 0.0530. The Balaban J connectivity index is 2.14. The summed E-state index contributed by atoms with van der Waals surface area (Å²) >= 11 is 5.96. The van der Waals surface area contributed by atoms with Crippen molar-refractivity contribution in [3.05, 3.63) is 56.3 Å². The summed E-state index contributed by atoms with van der Waals surface area (Å²) in [5.41, 5.74) is 1.08. The lowest BCUT2D eigenvalue weighted by molar-refractivity contribution is 0.368. The van der Waals surface area contributed by atoms with Crippen LogP contribution in [0.3, 0.4) is 0 Å². The average molecular weight is 356 g/mol. The molecule has 25 heavy (non-hydrogen) atoms. The molecule has 0 unspecified atom stereocenters. The number of hydrogen-bond donors (Lipinski definition) is 1. The molecule has 1 aliphatic rings. The Morgan fingerprint density at radius 3 is 2.76 bits per heavy atom. The first-order chi connectivity index (χ1) is 12.0. The molecule has 1 N–H and O–H groups in total. The highest BCUT2D eigenvalue weighted by Crippen LogP contribution is 2.33. The molecule has 1 aromatic heterocycles. The lowest BCUT2D eigenvalue weighted by Crippen LogP contribution is -2.28. The third-order valence-electron chi connectivity index (χ3n) is 4.63. The van der Waals surface area contributed by atoms with Crippen LogP contribution in [0.25, 0.3) is 0 Å². The first kappa shape index (κ1) is 17.2. The highest BCUT2D eigenvalue weighted by molar-refractivity contribution is 6.30. The van der Waals surface area contributed by atoms with Crippen LogP contribution in [0.5, 0.6) is 5.88 Å². The second-order valence-electron chi connectivity index (χ2n) is 6.20. The van der Waals surface area contributed by atoms with Gasteiger partial charge < -0.3 is 5.11 Å². The number of rotatable bonds is 3. The lowest BCUT2D eigenvalue weighted by atomic mass is 10.0. The quantitative estimate of drug-likeness (QED) is 0.836. The summed E-state index contributed by atoms with van der Waals surface area (Å²) in [6.45, 7) is 1.65. The minimum atomic E-state index is -0.427. The van der Waals surface area contributed by atoms with Crippen LogP contribution in [0.1, 0.15) is 48.4 Å². The van der Waals surface area contributed by atoms with Crippen molar-refractivity contribution in [2.24, 2.45) is 4.99 Å². The number of hydrogen-bond acceptors (Lipinski definition) is 4. The number of benzene rings is 1. The minimum Gasteiger partial charge on any atom is -0.494 e. The lowest BCUT2D eigenvalue weighted by Gasteiger charge is -2.19. The molecule has 1 saturated carbocycles. The van der Waals surface area contributed by atoms with Crippen molar-refractivity contribution in [2.75, 3.05) is 0 Å². The Labute approximate surface area is 150 Å². The van der Waals surface area contributed by atoms with Crippen LogP contribution in [0.15, 0.2) is 34.1 Å². The number of nitrogens with zero attached hydrogens (tertiary/aromatic N) is 3. The molecule has 0 bridgehead atoms. The van der Waals surface area contributed by atoms with Crippen LogP contribution < -0.4 is 5.56 Å². The summed E-state index contributed by atoms with van der Waals surface area (Å²) in [4.78, 5) is 17.0. The number of pyridine rings is 1. The van der Waals surface area contributed by atoms with Gasteiger partial charge in [-0.3, -0.25) is 14.4 Å². The molecule has 128 valence electrons. The Morgan fingerprint density at radius 2 is 2.12 bits per heavy atom. The standard InChI is InChI=1S/C19H18ClN3O2/c1-12-16(10-21)18(24)23(15-7-2-3-8-15)19(25)17(12)11-22-14-6-4-5-13(20)9-14/h4-6,9,11,15,25H,2-3,7-8H2,1H3. The third kappa shape index (κ3) is 3.31. The molecule has 0 amide bonds. The van der Waals surface area contributed by atoms with Gasteiger partial charge in [-0.15, -0.1) is 0 Å². The van der Waals surface area contributed by atoms with Crippen LogP contribution in [-0.4, -0.2) is 15.9 Å². The topological polar surface area (TPSA) is 78.4 Å². The van der Waals surface area contributed by atoms with Gasteiger partial charge in [-0.05, 0) is 43.5 Å². The van der Waals surface area contributed by atoms with Gasteiger partial charge in [0.15, 0.2) is 0 Å². The van der Waals surface area contributed by atoms with Gasteiger partial charge in [0.25, 0.3) is 5.56 Å². The molecule has 6 heteroatoms. The van der Waals surface area contributed by atoms with Crippen molar-refractivity contribution in [1.82, 2.24) is 4.57 Å². The van der Waals surface area contributed by atoms with E-state index in [1.807, 2.05) is 6.07 Å². The summed E-state index contributed by atoms with van der Waals surface area (Å²) in [5, 5.41) is 20.7. The van der Waals surface area contributed by atoms with E-state index in [9.17, 15) is 15.2 Å². The van der Waals surface area contributed by atoms with Crippen molar-refractivity contribution in [3.8, 4) is 11.9 Å². The van der Waals surface area contributed by atoms with E-state index in [0.29, 0.717) is 21.8 Å². The molecule has 5 nitrogen and oxygen atoms in total. The van der Waals surface area contributed by atoms with E-state index in [1.54, 1.807) is 31.2 Å². The van der Waals surface area contributed by atoms with Gasteiger partial charge in [0.1, 0.15) is 11.6 Å². The molecule has 0 aliphatic heterocycles. The average Bonchev–Trinajstić information content (AvgIpc) is 3.09. The van der Waals surface area contributed by atoms with E-state index in [-0.39, 0.29) is 17.5 Å². The first-order valence-corrected chi connectivity index (χ1v) is 8.58. The van der Waals surface area contributed by atoms with Crippen LogP contribution in [0, 0.1) is 18.3 Å². The maximum atomic E-state index is 12.6. The fourth-order valence-electron chi connectivity index (χ4n) is 3.29. The summed E-state index contributed by atoms with van der Waals surface area (Å²) in [7, 11) is 0. The van der Waals surface area contributed by atoms with Gasteiger partial charge >= 0.3 is 0 Å². The largest absolute Gasteiger partial charge is 0.494 e. The summed E-state index contributed by atoms with van der Waals surface area (Å²) in [6.07, 6.45) is 5.16. The van der Waals surface area contributed by atoms with Crippen molar-refractivity contribution < 1.29 is 5.11 Å². The van der Waals surface area contributed by atoms with Gasteiger partial charge in [0, 0.05) is 17.3 Å². The Morgan fingerprint density at radius 1 is 1.40 bits per heavy atom. The van der Waals surface area contributed by atoms with E-state index in [1.165, 1.54) is 10.8 Å². The van der Waals surface area contributed by atoms with E-state index in [0.717, 1.165) is 25.7 Å². The molecule has 0 radical (unpaired) electrons. The summed E-state index contributed by atoms with van der Waals surface area (Å²) < 4.78 is 1.36. The molecule has 1 heterocycles. The van der Waals surface area contributed by atoms with Gasteiger partial charge in [-0.1, -0.05) is 30.5 Å². The van der Waals surface area contributed by atoms with Crippen molar-refractivity contribution in [1.29, 1.82) is 5.26 Å². The molecule has 3 rings (SSSR count). The van der Waals surface area contributed by atoms with Crippen LogP contribution in [0.2, 0.25) is 5.02 Å². The van der Waals surface area contributed by atoms with E-state index in [2.05, 4.69) is 4.99 Å². The molecular weight excluding hydrogens is 338 g/mol. The monoisotopic (exact) mass is 355 g/mol. The SMILES string of the molecule is Cc1c(C=Nc2cccc(Cl)c2)c(O)n(C2CCCC2)c(=O)c1C#N. The maximum Gasteiger partial charge on any atom is 0.271 e. The van der Waals surface area contributed by atoms with Gasteiger partial charge in [0.2, 0.25) is 5.88 Å². The summed E-state index contributed by atoms with van der Waals surface area (Å²) in [6, 6.07) is 8.91. The zero-order valence-electron chi connectivity index (χ0n) is 13.9. The number of nitriles is 1. The molecule has 0 saturated heterocycles. The second-order valence-corrected chi connectivity index (χ2v) is 6.64. The van der Waals surface area contributed by atoms with Crippen LogP contribution in [-0.2, 0) is 0 Å². The number of aliphatic imine (C=N–C) groups is 1. The van der Waals surface area contributed by atoms with Gasteiger partial charge in [-0.25, -0.2) is 0 Å². The van der Waals surface area contributed by atoms with Crippen molar-refractivity contribution in [2.45, 2.75) is 38.6 Å². The van der Waals surface area contributed by atoms with Gasteiger partial charge in [-0.2, -0.15) is 5.26 Å². The predicted molar refractivity (Wildman–Crippen MR) is 98.0 cm³/mol. The van der Waals surface area contributed by atoms with Crippen LogP contribution >= 0.6 is 11.6 Å². The van der Waals surface area contributed by atoms with Crippen molar-refractivity contribution >= 4 is 23.5 Å². The van der Waals surface area contributed by atoms with Crippen molar-refractivity contribution in [3.63, 3.8) is 0 Å². The third-order valence-corrected chi connectivity index (χ3v) is 4.87. The first-order valence-electron chi connectivity index (χ1n) is 8.20. The molecular formula is C19H18ClN3O2. The molecule has 0 spiro atoms. The Bertz CT molecular complexity index is 935. The zero-order valence-corrected chi connectivity index (χ0v) is 14.6. The molecule has 2 aromatic rings. The Hall–Kier alpha value is -2.58. The predicted octanol–water partition coefficient (Wildman–Crippen LogP) is 4.25. The summed E-state index contributed by atoms with van der Waals surface area (Å²) in [5.74, 6) is -0.126. The number of aromatic nitrogens is 1. The highest BCUT2D eigenvalue weighted by Gasteiger charge is 2.25. The van der Waals surface area contributed by atoms with Crippen LogP contribution in [0.4, 0.5) is 5.69 Å². The number of aromatic hydroxyl groups is 1. The maximum absolute atomic E-state index is 12.6.